The molecular formula is C9H9NOS. The van der Waals surface area contributed by atoms with Crippen molar-refractivity contribution in [2.45, 2.75) is 0 Å². The molecule has 0 atom stereocenters. The van der Waals surface area contributed by atoms with Crippen LogP contribution in [-0.2, 0) is 0 Å². The lowest BCUT2D eigenvalue weighted by atomic mass is 10.2. The normalized spacial score (nSPS) is 8.83. The SMILES string of the molecule is OS.c1ccc2ncccc2c1. The van der Waals surface area contributed by atoms with Gasteiger partial charge in [-0.05, 0) is 25.0 Å². The quantitative estimate of drug-likeness (QED) is 0.481. The first-order valence-electron chi connectivity index (χ1n) is 3.46. The minimum atomic E-state index is 1.06. The van der Waals surface area contributed by atoms with E-state index in [0.29, 0.717) is 0 Å². The van der Waals surface area contributed by atoms with Gasteiger partial charge in [-0.25, -0.2) is 0 Å². The van der Waals surface area contributed by atoms with Crippen molar-refractivity contribution < 1.29 is 4.55 Å². The first-order chi connectivity index (χ1) is 5.97. The summed E-state index contributed by atoms with van der Waals surface area (Å²) in [6.45, 7) is 0. The van der Waals surface area contributed by atoms with Crippen molar-refractivity contribution in [1.29, 1.82) is 0 Å². The van der Waals surface area contributed by atoms with Crippen molar-refractivity contribution in [2.24, 2.45) is 0 Å². The monoisotopic (exact) mass is 179 g/mol. The van der Waals surface area contributed by atoms with Gasteiger partial charge in [0.2, 0.25) is 0 Å². The van der Waals surface area contributed by atoms with Gasteiger partial charge in [0.15, 0.2) is 0 Å². The molecular weight excluding hydrogens is 170 g/mol. The molecule has 0 aliphatic carbocycles. The zero-order valence-electron chi connectivity index (χ0n) is 6.38. The van der Waals surface area contributed by atoms with E-state index in [4.69, 9.17) is 4.55 Å². The first kappa shape index (κ1) is 9.03. The van der Waals surface area contributed by atoms with Crippen LogP contribution in [0, 0.1) is 0 Å². The first-order valence-corrected chi connectivity index (χ1v) is 3.86. The third-order valence-electron chi connectivity index (χ3n) is 1.51. The molecule has 0 unspecified atom stereocenters. The highest BCUT2D eigenvalue weighted by Gasteiger charge is 1.86. The molecule has 0 radical (unpaired) electrons. The van der Waals surface area contributed by atoms with Crippen molar-refractivity contribution in [2.75, 3.05) is 0 Å². The molecule has 1 N–H and O–H groups in total. The maximum atomic E-state index is 6.69. The Bertz CT molecular complexity index is 286. The summed E-state index contributed by atoms with van der Waals surface area (Å²) >= 11 is 2.53. The summed E-state index contributed by atoms with van der Waals surface area (Å²) in [7, 11) is 0. The molecule has 3 heteroatoms. The summed E-state index contributed by atoms with van der Waals surface area (Å²) in [6.07, 6.45) is 1.81. The number of benzene rings is 1. The minimum absolute atomic E-state index is 1.06. The smallest absolute Gasteiger partial charge is 0.0701 e. The lowest BCUT2D eigenvalue weighted by Gasteiger charge is -1.91. The Kier molecular flexibility index (Phi) is 3.57. The van der Waals surface area contributed by atoms with Crippen LogP contribution >= 0.6 is 12.9 Å². The van der Waals surface area contributed by atoms with E-state index in [2.05, 4.69) is 30.0 Å². The third-order valence-corrected chi connectivity index (χ3v) is 1.51. The van der Waals surface area contributed by atoms with Gasteiger partial charge in [-0.2, -0.15) is 0 Å². The van der Waals surface area contributed by atoms with E-state index in [9.17, 15) is 0 Å². The molecule has 0 aliphatic heterocycles. The van der Waals surface area contributed by atoms with Crippen LogP contribution in [0.5, 0.6) is 0 Å². The van der Waals surface area contributed by atoms with Gasteiger partial charge < -0.3 is 4.55 Å². The van der Waals surface area contributed by atoms with Crippen LogP contribution in [0.1, 0.15) is 0 Å². The van der Waals surface area contributed by atoms with Gasteiger partial charge in [0.05, 0.1) is 5.52 Å². The van der Waals surface area contributed by atoms with E-state index >= 15 is 0 Å². The molecule has 0 aliphatic rings. The standard InChI is InChI=1S/C9H7N.H2OS/c1-2-6-9-8(4-1)5-3-7-10-9;1-2/h1-7H;1-2H. The largest absolute Gasteiger partial charge is 0.333 e. The van der Waals surface area contributed by atoms with Gasteiger partial charge in [0.25, 0.3) is 0 Å². The molecule has 0 spiro atoms. The van der Waals surface area contributed by atoms with E-state index in [0.717, 1.165) is 5.52 Å². The minimum Gasteiger partial charge on any atom is -0.333 e. The molecule has 0 bridgehead atoms. The second kappa shape index (κ2) is 4.74. The maximum absolute atomic E-state index is 6.69. The fraction of sp³-hybridized carbons (Fsp3) is 0. The predicted octanol–water partition coefficient (Wildman–Crippen LogP) is 2.62. The summed E-state index contributed by atoms with van der Waals surface area (Å²) in [6, 6.07) is 12.1. The number of rotatable bonds is 0. The zero-order valence-corrected chi connectivity index (χ0v) is 7.28. The van der Waals surface area contributed by atoms with Gasteiger partial charge in [0.1, 0.15) is 0 Å². The fourth-order valence-corrected chi connectivity index (χ4v) is 1.02. The Labute approximate surface area is 76.5 Å². The molecule has 0 saturated heterocycles. The van der Waals surface area contributed by atoms with Crippen LogP contribution in [0.2, 0.25) is 0 Å². The fourth-order valence-electron chi connectivity index (χ4n) is 1.02. The molecule has 2 rings (SSSR count). The molecule has 0 amide bonds. The van der Waals surface area contributed by atoms with Crippen LogP contribution in [0.3, 0.4) is 0 Å². The molecule has 62 valence electrons. The van der Waals surface area contributed by atoms with Crippen LogP contribution < -0.4 is 0 Å². The van der Waals surface area contributed by atoms with E-state index in [1.807, 2.05) is 30.5 Å². The van der Waals surface area contributed by atoms with Gasteiger partial charge in [0, 0.05) is 11.6 Å². The van der Waals surface area contributed by atoms with Crippen molar-refractivity contribution in [3.8, 4) is 0 Å². The third kappa shape index (κ3) is 1.96. The summed E-state index contributed by atoms with van der Waals surface area (Å²) in [5, 5.41) is 1.20. The molecule has 0 saturated carbocycles. The van der Waals surface area contributed by atoms with E-state index in [1.54, 1.807) is 0 Å². The van der Waals surface area contributed by atoms with Crippen molar-refractivity contribution in [3.05, 3.63) is 42.6 Å². The lowest BCUT2D eigenvalue weighted by Crippen LogP contribution is -1.73. The van der Waals surface area contributed by atoms with Crippen LogP contribution in [0.25, 0.3) is 10.9 Å². The number of para-hydroxylation sites is 1. The molecule has 0 fully saturated rings. The molecule has 1 aromatic heterocycles. The number of aromatic nitrogens is 1. The van der Waals surface area contributed by atoms with Crippen LogP contribution in [0.15, 0.2) is 42.6 Å². The number of fused-ring (bicyclic) bond motifs is 1. The zero-order chi connectivity index (χ0) is 8.81. The van der Waals surface area contributed by atoms with E-state index in [-0.39, 0.29) is 0 Å². The van der Waals surface area contributed by atoms with Gasteiger partial charge in [-0.3, -0.25) is 4.98 Å². The van der Waals surface area contributed by atoms with Gasteiger partial charge >= 0.3 is 0 Å². The molecule has 2 aromatic rings. The van der Waals surface area contributed by atoms with Crippen molar-refractivity contribution >= 4 is 23.8 Å². The Morgan fingerprint density at radius 3 is 2.42 bits per heavy atom. The summed E-state index contributed by atoms with van der Waals surface area (Å²) < 4.78 is 6.69. The number of nitrogens with zero attached hydrogens (tertiary/aromatic N) is 1. The Morgan fingerprint density at radius 2 is 1.67 bits per heavy atom. The average molecular weight is 179 g/mol. The maximum Gasteiger partial charge on any atom is 0.0701 e. The molecule has 12 heavy (non-hydrogen) atoms. The highest BCUT2D eigenvalue weighted by atomic mass is 32.1. The lowest BCUT2D eigenvalue weighted by molar-refractivity contribution is 0.679. The van der Waals surface area contributed by atoms with Crippen molar-refractivity contribution in [3.63, 3.8) is 0 Å². The topological polar surface area (TPSA) is 33.1 Å². The number of pyridine rings is 1. The second-order valence-corrected chi connectivity index (χ2v) is 2.20. The van der Waals surface area contributed by atoms with E-state index in [1.165, 1.54) is 5.39 Å². The Balaban J connectivity index is 0.000000336. The number of hydrogen-bond acceptors (Lipinski definition) is 3. The van der Waals surface area contributed by atoms with Crippen LogP contribution in [-0.4, -0.2) is 9.54 Å². The Hall–Kier alpha value is -1.06. The van der Waals surface area contributed by atoms with E-state index < -0.39 is 0 Å². The van der Waals surface area contributed by atoms with Gasteiger partial charge in [-0.15, -0.1) is 0 Å². The van der Waals surface area contributed by atoms with Gasteiger partial charge in [-0.1, -0.05) is 24.3 Å². The van der Waals surface area contributed by atoms with Crippen LogP contribution in [0.4, 0.5) is 0 Å². The summed E-state index contributed by atoms with van der Waals surface area (Å²) in [4.78, 5) is 4.18. The summed E-state index contributed by atoms with van der Waals surface area (Å²) in [5.74, 6) is 0. The number of thiol groups is 1. The molecule has 1 heterocycles. The molecule has 2 nitrogen and oxygen atoms in total. The predicted molar refractivity (Wildman–Crippen MR) is 53.4 cm³/mol. The summed E-state index contributed by atoms with van der Waals surface area (Å²) in [5.41, 5.74) is 1.06. The molecule has 1 aromatic carbocycles. The highest BCUT2D eigenvalue weighted by molar-refractivity contribution is 7.74. The highest BCUT2D eigenvalue weighted by Crippen LogP contribution is 2.07. The Morgan fingerprint density at radius 1 is 1.00 bits per heavy atom. The van der Waals surface area contributed by atoms with Crippen molar-refractivity contribution in [1.82, 2.24) is 4.98 Å². The number of hydrogen-bond donors (Lipinski definition) is 2. The average Bonchev–Trinajstić information content (AvgIpc) is 2.21. The second-order valence-electron chi connectivity index (χ2n) is 2.20.